The van der Waals surface area contributed by atoms with E-state index in [0.29, 0.717) is 28.1 Å². The molecule has 3 aromatic carbocycles. The molecule has 0 spiro atoms. The zero-order valence-electron chi connectivity index (χ0n) is 24.5. The standard InChI is InChI=1S/C35H36N6O2/c1-24(26-6-4-3-5-7-26)37-34(42)28-10-13-31-30(22-28)32(35(43)39-31)33(27-14-16-36-17-15-27)38-29-11-8-25(9-12-29)23-41-20-18-40(2)19-21-41/h3-17,22,24,38H,18-21,23H2,1-2H3,(H,37,42)(H,39,43)/b33-32-/t24-/m1/s1. The van der Waals surface area contributed by atoms with E-state index in [1.54, 1.807) is 30.6 Å². The van der Waals surface area contributed by atoms with Gasteiger partial charge in [-0.05, 0) is 67.6 Å². The van der Waals surface area contributed by atoms with Crippen molar-refractivity contribution in [3.05, 3.63) is 125 Å². The second kappa shape index (κ2) is 12.6. The van der Waals surface area contributed by atoms with Crippen LogP contribution in [0.5, 0.6) is 0 Å². The maximum absolute atomic E-state index is 13.4. The number of hydrogen-bond donors (Lipinski definition) is 3. The summed E-state index contributed by atoms with van der Waals surface area (Å²) in [7, 11) is 2.16. The first-order chi connectivity index (χ1) is 20.9. The van der Waals surface area contributed by atoms with Gasteiger partial charge >= 0.3 is 0 Å². The van der Waals surface area contributed by atoms with Gasteiger partial charge in [0.15, 0.2) is 0 Å². The Balaban J connectivity index is 1.28. The van der Waals surface area contributed by atoms with Crippen LogP contribution in [0, 0.1) is 0 Å². The Hall–Kier alpha value is -4.79. The molecule has 0 bridgehead atoms. The smallest absolute Gasteiger partial charge is 0.258 e. The molecule has 2 aliphatic heterocycles. The van der Waals surface area contributed by atoms with E-state index in [0.717, 1.165) is 49.5 Å². The second-order valence-electron chi connectivity index (χ2n) is 11.2. The third-order valence-electron chi connectivity index (χ3n) is 8.12. The molecule has 1 saturated heterocycles. The number of anilines is 2. The van der Waals surface area contributed by atoms with Crippen LogP contribution >= 0.6 is 0 Å². The van der Waals surface area contributed by atoms with Crippen molar-refractivity contribution in [2.75, 3.05) is 43.9 Å². The number of carbonyl (C=O) groups excluding carboxylic acids is 2. The van der Waals surface area contributed by atoms with Crippen molar-refractivity contribution in [1.29, 1.82) is 0 Å². The lowest BCUT2D eigenvalue weighted by atomic mass is 9.98. The van der Waals surface area contributed by atoms with Gasteiger partial charge in [-0.1, -0.05) is 42.5 Å². The second-order valence-corrected chi connectivity index (χ2v) is 11.2. The number of pyridine rings is 1. The average molecular weight is 573 g/mol. The minimum Gasteiger partial charge on any atom is -0.354 e. The van der Waals surface area contributed by atoms with Crippen molar-refractivity contribution in [1.82, 2.24) is 20.1 Å². The summed E-state index contributed by atoms with van der Waals surface area (Å²) in [4.78, 5) is 35.7. The van der Waals surface area contributed by atoms with Gasteiger partial charge in [-0.25, -0.2) is 0 Å². The fourth-order valence-corrected chi connectivity index (χ4v) is 5.56. The third-order valence-corrected chi connectivity index (χ3v) is 8.12. The molecule has 2 aliphatic rings. The van der Waals surface area contributed by atoms with E-state index in [-0.39, 0.29) is 17.9 Å². The molecule has 218 valence electrons. The summed E-state index contributed by atoms with van der Waals surface area (Å²) >= 11 is 0. The van der Waals surface area contributed by atoms with E-state index in [1.807, 2.05) is 49.4 Å². The Bertz CT molecular complexity index is 1630. The van der Waals surface area contributed by atoms with Crippen LogP contribution in [0.15, 0.2) is 97.3 Å². The Morgan fingerprint density at radius 1 is 0.907 bits per heavy atom. The van der Waals surface area contributed by atoms with Gasteiger partial charge in [0.05, 0.1) is 17.3 Å². The third kappa shape index (κ3) is 6.51. The van der Waals surface area contributed by atoms with Crippen LogP contribution in [0.3, 0.4) is 0 Å². The SMILES string of the molecule is C[C@@H](NC(=O)c1ccc2c(c1)/C(=C(/Nc1ccc(CN3CCN(C)CC3)cc1)c1ccncc1)C(=O)N2)c1ccccc1. The van der Waals surface area contributed by atoms with Gasteiger partial charge in [-0.2, -0.15) is 0 Å². The molecule has 8 heteroatoms. The van der Waals surface area contributed by atoms with E-state index in [1.165, 1.54) is 5.56 Å². The van der Waals surface area contributed by atoms with Gasteiger partial charge in [0.2, 0.25) is 0 Å². The molecule has 4 aromatic rings. The molecule has 8 nitrogen and oxygen atoms in total. The van der Waals surface area contributed by atoms with Gasteiger partial charge in [0.25, 0.3) is 11.8 Å². The first-order valence-corrected chi connectivity index (χ1v) is 14.7. The number of rotatable bonds is 8. The van der Waals surface area contributed by atoms with Crippen LogP contribution in [0.4, 0.5) is 11.4 Å². The summed E-state index contributed by atoms with van der Waals surface area (Å²) in [5, 5.41) is 9.58. The molecular weight excluding hydrogens is 536 g/mol. The van der Waals surface area contributed by atoms with Crippen LogP contribution < -0.4 is 16.0 Å². The Labute approximate surface area is 252 Å². The lowest BCUT2D eigenvalue weighted by Gasteiger charge is -2.32. The summed E-state index contributed by atoms with van der Waals surface area (Å²) in [6.07, 6.45) is 3.42. The molecule has 3 N–H and O–H groups in total. The lowest BCUT2D eigenvalue weighted by Crippen LogP contribution is -2.43. The summed E-state index contributed by atoms with van der Waals surface area (Å²) in [6.45, 7) is 7.17. The Morgan fingerprint density at radius 3 is 2.35 bits per heavy atom. The van der Waals surface area contributed by atoms with Gasteiger partial charge in [0, 0.05) is 73.2 Å². The summed E-state index contributed by atoms with van der Waals surface area (Å²) in [5.74, 6) is -0.427. The van der Waals surface area contributed by atoms with Crippen molar-refractivity contribution >= 4 is 34.5 Å². The van der Waals surface area contributed by atoms with Gasteiger partial charge in [0.1, 0.15) is 0 Å². The van der Waals surface area contributed by atoms with E-state index in [9.17, 15) is 9.59 Å². The van der Waals surface area contributed by atoms with Crippen LogP contribution in [0.2, 0.25) is 0 Å². The van der Waals surface area contributed by atoms with Crippen molar-refractivity contribution in [3.63, 3.8) is 0 Å². The molecular formula is C35H36N6O2. The number of benzene rings is 3. The van der Waals surface area contributed by atoms with Crippen LogP contribution in [-0.4, -0.2) is 59.8 Å². The summed E-state index contributed by atoms with van der Waals surface area (Å²) in [6, 6.07) is 27.1. The van der Waals surface area contributed by atoms with Crippen LogP contribution in [-0.2, 0) is 11.3 Å². The molecule has 3 heterocycles. The molecule has 6 rings (SSSR count). The normalized spacial score (nSPS) is 17.1. The first-order valence-electron chi connectivity index (χ1n) is 14.7. The highest BCUT2D eigenvalue weighted by atomic mass is 16.2. The van der Waals surface area contributed by atoms with E-state index in [2.05, 4.69) is 62.0 Å². The number of nitrogens with one attached hydrogen (secondary N) is 3. The van der Waals surface area contributed by atoms with Crippen molar-refractivity contribution in [2.24, 2.45) is 0 Å². The van der Waals surface area contributed by atoms with Crippen LogP contribution in [0.1, 0.15) is 45.6 Å². The molecule has 43 heavy (non-hydrogen) atoms. The predicted octanol–water partition coefficient (Wildman–Crippen LogP) is 5.25. The number of carbonyl (C=O) groups is 2. The van der Waals surface area contributed by atoms with Gasteiger partial charge in [-0.3, -0.25) is 19.5 Å². The number of amides is 2. The molecule has 1 fully saturated rings. The average Bonchev–Trinajstić information content (AvgIpc) is 3.37. The lowest BCUT2D eigenvalue weighted by molar-refractivity contribution is -0.110. The van der Waals surface area contributed by atoms with Gasteiger partial charge < -0.3 is 20.9 Å². The van der Waals surface area contributed by atoms with Crippen molar-refractivity contribution < 1.29 is 9.59 Å². The number of hydrogen-bond acceptors (Lipinski definition) is 6. The Kier molecular flexibility index (Phi) is 8.31. The first kappa shape index (κ1) is 28.3. The quantitative estimate of drug-likeness (QED) is 0.250. The zero-order valence-corrected chi connectivity index (χ0v) is 24.5. The molecule has 2 amide bonds. The summed E-state index contributed by atoms with van der Waals surface area (Å²) < 4.78 is 0. The van der Waals surface area contributed by atoms with Gasteiger partial charge in [-0.15, -0.1) is 0 Å². The Morgan fingerprint density at radius 2 is 1.63 bits per heavy atom. The van der Waals surface area contributed by atoms with E-state index in [4.69, 9.17) is 0 Å². The van der Waals surface area contributed by atoms with E-state index < -0.39 is 0 Å². The van der Waals surface area contributed by atoms with Crippen molar-refractivity contribution in [2.45, 2.75) is 19.5 Å². The number of fused-ring (bicyclic) bond motifs is 1. The molecule has 0 unspecified atom stereocenters. The maximum atomic E-state index is 13.4. The van der Waals surface area contributed by atoms with Crippen LogP contribution in [0.25, 0.3) is 11.3 Å². The van der Waals surface area contributed by atoms with Crippen molar-refractivity contribution in [3.8, 4) is 0 Å². The number of nitrogens with zero attached hydrogens (tertiary/aromatic N) is 3. The molecule has 1 atom stereocenters. The summed E-state index contributed by atoms with van der Waals surface area (Å²) in [5.41, 5.74) is 6.92. The largest absolute Gasteiger partial charge is 0.354 e. The minimum absolute atomic E-state index is 0.162. The monoisotopic (exact) mass is 572 g/mol. The van der Waals surface area contributed by atoms with E-state index >= 15 is 0 Å². The molecule has 0 radical (unpaired) electrons. The molecule has 0 aliphatic carbocycles. The highest BCUT2D eigenvalue weighted by molar-refractivity contribution is 6.37. The minimum atomic E-state index is -0.226. The number of likely N-dealkylation sites (N-methyl/N-ethyl adjacent to an activating group) is 1. The molecule has 0 saturated carbocycles. The number of aromatic nitrogens is 1. The highest BCUT2D eigenvalue weighted by Crippen LogP contribution is 2.38. The fourth-order valence-electron chi connectivity index (χ4n) is 5.56. The number of piperazine rings is 1. The topological polar surface area (TPSA) is 89.6 Å². The maximum Gasteiger partial charge on any atom is 0.258 e. The zero-order chi connectivity index (χ0) is 29.8. The predicted molar refractivity (Wildman–Crippen MR) is 171 cm³/mol. The molecule has 1 aromatic heterocycles. The highest BCUT2D eigenvalue weighted by Gasteiger charge is 2.29. The fraction of sp³-hybridized carbons (Fsp3) is 0.229.